The van der Waals surface area contributed by atoms with Crippen molar-refractivity contribution < 1.29 is 9.84 Å². The number of phenols is 1. The van der Waals surface area contributed by atoms with Crippen molar-refractivity contribution >= 4 is 15.9 Å². The van der Waals surface area contributed by atoms with Gasteiger partial charge in [0.1, 0.15) is 0 Å². The van der Waals surface area contributed by atoms with E-state index in [4.69, 9.17) is 10.5 Å². The van der Waals surface area contributed by atoms with E-state index >= 15 is 0 Å². The molecule has 0 aromatic heterocycles. The van der Waals surface area contributed by atoms with Gasteiger partial charge in [-0.15, -0.1) is 0 Å². The van der Waals surface area contributed by atoms with Gasteiger partial charge in [-0.05, 0) is 43.4 Å². The highest BCUT2D eigenvalue weighted by molar-refractivity contribution is 9.10. The van der Waals surface area contributed by atoms with E-state index in [9.17, 15) is 5.11 Å². The zero-order valence-corrected chi connectivity index (χ0v) is 10.9. The van der Waals surface area contributed by atoms with Crippen LogP contribution in [0, 0.1) is 0 Å². The minimum atomic E-state index is 0.0506. The molecule has 0 unspecified atom stereocenters. The summed E-state index contributed by atoms with van der Waals surface area (Å²) >= 11 is 3.48. The number of aromatic hydroxyl groups is 1. The molecule has 0 amide bonds. The maximum Gasteiger partial charge on any atom is 0.161 e. The maximum absolute atomic E-state index is 9.68. The molecule has 1 fully saturated rings. The Morgan fingerprint density at radius 3 is 2.75 bits per heavy atom. The summed E-state index contributed by atoms with van der Waals surface area (Å²) in [6, 6.07) is 3.54. The Bertz CT molecular complexity index is 402. The number of halogens is 1. The third-order valence-corrected chi connectivity index (χ3v) is 3.87. The number of aryl methyl sites for hydroxylation is 1. The summed E-state index contributed by atoms with van der Waals surface area (Å²) in [4.78, 5) is 0. The monoisotopic (exact) mass is 285 g/mol. The summed E-state index contributed by atoms with van der Waals surface area (Å²) in [6.07, 6.45) is 4.09. The Labute approximate surface area is 104 Å². The molecule has 1 aliphatic carbocycles. The number of methoxy groups -OCH3 is 1. The predicted octanol–water partition coefficient (Wildman–Crippen LogP) is 2.59. The van der Waals surface area contributed by atoms with Crippen molar-refractivity contribution in [2.75, 3.05) is 7.11 Å². The van der Waals surface area contributed by atoms with Crippen LogP contribution in [0.25, 0.3) is 0 Å². The topological polar surface area (TPSA) is 55.5 Å². The number of rotatable bonds is 4. The van der Waals surface area contributed by atoms with Crippen molar-refractivity contribution in [3.63, 3.8) is 0 Å². The molecular weight excluding hydrogens is 270 g/mol. The fraction of sp³-hybridized carbons (Fsp3) is 0.500. The van der Waals surface area contributed by atoms with Gasteiger partial charge in [-0.25, -0.2) is 0 Å². The van der Waals surface area contributed by atoms with Crippen LogP contribution in [-0.2, 0) is 6.42 Å². The molecule has 16 heavy (non-hydrogen) atoms. The number of hydrogen-bond donors (Lipinski definition) is 2. The van der Waals surface area contributed by atoms with Crippen LogP contribution < -0.4 is 10.5 Å². The number of nitrogens with two attached hydrogens (primary N) is 1. The predicted molar refractivity (Wildman–Crippen MR) is 66.8 cm³/mol. The van der Waals surface area contributed by atoms with E-state index < -0.39 is 0 Å². The SMILES string of the molecule is COc1cc(Br)c(CCC2(N)CC2)cc1O. The highest BCUT2D eigenvalue weighted by atomic mass is 79.9. The van der Waals surface area contributed by atoms with Crippen molar-refractivity contribution in [1.29, 1.82) is 0 Å². The smallest absolute Gasteiger partial charge is 0.161 e. The molecule has 4 heteroatoms. The number of phenolic OH excluding ortho intramolecular Hbond substituents is 1. The molecule has 0 radical (unpaired) electrons. The van der Waals surface area contributed by atoms with E-state index in [2.05, 4.69) is 15.9 Å². The van der Waals surface area contributed by atoms with Crippen LogP contribution in [0.4, 0.5) is 0 Å². The first-order valence-electron chi connectivity index (χ1n) is 5.38. The Morgan fingerprint density at radius 1 is 1.50 bits per heavy atom. The minimum absolute atomic E-state index is 0.0506. The summed E-state index contributed by atoms with van der Waals surface area (Å²) in [5, 5.41) is 9.68. The lowest BCUT2D eigenvalue weighted by atomic mass is 10.0. The Kier molecular flexibility index (Phi) is 3.13. The molecule has 1 aliphatic rings. The summed E-state index contributed by atoms with van der Waals surface area (Å²) in [7, 11) is 1.54. The lowest BCUT2D eigenvalue weighted by molar-refractivity contribution is 0.372. The first kappa shape index (κ1) is 11.7. The Hall–Kier alpha value is -0.740. The van der Waals surface area contributed by atoms with Gasteiger partial charge >= 0.3 is 0 Å². The van der Waals surface area contributed by atoms with Crippen LogP contribution in [0.5, 0.6) is 11.5 Å². The Morgan fingerprint density at radius 2 is 2.19 bits per heavy atom. The standard InChI is InChI=1S/C12H16BrNO2/c1-16-11-7-9(13)8(6-10(11)15)2-3-12(14)4-5-12/h6-7,15H,2-5,14H2,1H3. The van der Waals surface area contributed by atoms with Gasteiger partial charge in [0, 0.05) is 10.0 Å². The van der Waals surface area contributed by atoms with Gasteiger partial charge in [-0.3, -0.25) is 0 Å². The van der Waals surface area contributed by atoms with Crippen LogP contribution in [0.2, 0.25) is 0 Å². The van der Waals surface area contributed by atoms with Crippen molar-refractivity contribution in [2.45, 2.75) is 31.2 Å². The zero-order chi connectivity index (χ0) is 11.8. The summed E-state index contributed by atoms with van der Waals surface area (Å²) in [5.74, 6) is 0.673. The lowest BCUT2D eigenvalue weighted by Crippen LogP contribution is -2.22. The fourth-order valence-electron chi connectivity index (χ4n) is 1.74. The zero-order valence-electron chi connectivity index (χ0n) is 9.29. The van der Waals surface area contributed by atoms with E-state index in [0.29, 0.717) is 5.75 Å². The van der Waals surface area contributed by atoms with Gasteiger partial charge < -0.3 is 15.6 Å². The van der Waals surface area contributed by atoms with Gasteiger partial charge in [-0.2, -0.15) is 0 Å². The number of benzene rings is 1. The molecule has 88 valence electrons. The summed E-state index contributed by atoms with van der Waals surface area (Å²) in [6.45, 7) is 0. The van der Waals surface area contributed by atoms with Crippen LogP contribution in [0.1, 0.15) is 24.8 Å². The first-order chi connectivity index (χ1) is 7.54. The molecule has 1 aromatic carbocycles. The number of ether oxygens (including phenoxy) is 1. The normalized spacial score (nSPS) is 17.2. The lowest BCUT2D eigenvalue weighted by Gasteiger charge is -2.11. The molecule has 0 aliphatic heterocycles. The van der Waals surface area contributed by atoms with Crippen LogP contribution >= 0.6 is 15.9 Å². The second kappa shape index (κ2) is 4.26. The molecular formula is C12H16BrNO2. The minimum Gasteiger partial charge on any atom is -0.504 e. The van der Waals surface area contributed by atoms with Crippen molar-refractivity contribution in [2.24, 2.45) is 5.73 Å². The molecule has 1 saturated carbocycles. The van der Waals surface area contributed by atoms with Crippen LogP contribution in [0.15, 0.2) is 16.6 Å². The molecule has 0 bridgehead atoms. The molecule has 1 aromatic rings. The first-order valence-corrected chi connectivity index (χ1v) is 6.18. The van der Waals surface area contributed by atoms with Crippen LogP contribution in [0.3, 0.4) is 0 Å². The van der Waals surface area contributed by atoms with E-state index in [1.54, 1.807) is 19.2 Å². The molecule has 2 rings (SSSR count). The summed E-state index contributed by atoms with van der Waals surface area (Å²) < 4.78 is 6.00. The van der Waals surface area contributed by atoms with Gasteiger partial charge in [-0.1, -0.05) is 15.9 Å². The third-order valence-electron chi connectivity index (χ3n) is 3.13. The van der Waals surface area contributed by atoms with Gasteiger partial charge in [0.2, 0.25) is 0 Å². The quantitative estimate of drug-likeness (QED) is 0.894. The molecule has 3 nitrogen and oxygen atoms in total. The highest BCUT2D eigenvalue weighted by Gasteiger charge is 2.37. The van der Waals surface area contributed by atoms with E-state index in [0.717, 1.165) is 35.7 Å². The summed E-state index contributed by atoms with van der Waals surface area (Å²) in [5.41, 5.74) is 7.17. The second-order valence-corrected chi connectivity index (χ2v) is 5.33. The fourth-order valence-corrected chi connectivity index (χ4v) is 2.26. The van der Waals surface area contributed by atoms with E-state index in [1.807, 2.05) is 0 Å². The average molecular weight is 286 g/mol. The van der Waals surface area contributed by atoms with E-state index in [-0.39, 0.29) is 11.3 Å². The van der Waals surface area contributed by atoms with Crippen molar-refractivity contribution in [3.05, 3.63) is 22.2 Å². The molecule has 3 N–H and O–H groups in total. The van der Waals surface area contributed by atoms with Crippen molar-refractivity contribution in [1.82, 2.24) is 0 Å². The van der Waals surface area contributed by atoms with Crippen LogP contribution in [-0.4, -0.2) is 17.8 Å². The van der Waals surface area contributed by atoms with Gasteiger partial charge in [0.25, 0.3) is 0 Å². The maximum atomic E-state index is 9.68. The van der Waals surface area contributed by atoms with E-state index in [1.165, 1.54) is 0 Å². The third kappa shape index (κ3) is 2.50. The average Bonchev–Trinajstić information content (AvgIpc) is 2.98. The molecule has 0 spiro atoms. The molecule has 0 heterocycles. The molecule has 0 saturated heterocycles. The van der Waals surface area contributed by atoms with Crippen molar-refractivity contribution in [3.8, 4) is 11.5 Å². The van der Waals surface area contributed by atoms with Gasteiger partial charge in [0.05, 0.1) is 7.11 Å². The highest BCUT2D eigenvalue weighted by Crippen LogP contribution is 2.39. The second-order valence-electron chi connectivity index (χ2n) is 4.48. The Balaban J connectivity index is 2.11. The van der Waals surface area contributed by atoms with Gasteiger partial charge in [0.15, 0.2) is 11.5 Å². The molecule has 0 atom stereocenters. The number of hydrogen-bond acceptors (Lipinski definition) is 3. The largest absolute Gasteiger partial charge is 0.504 e.